The van der Waals surface area contributed by atoms with E-state index in [9.17, 15) is 0 Å². The second-order valence-corrected chi connectivity index (χ2v) is 5.94. The molecule has 0 aliphatic carbocycles. The summed E-state index contributed by atoms with van der Waals surface area (Å²) in [7, 11) is 0. The molecule has 0 spiro atoms. The number of hydrogen-bond donors (Lipinski definition) is 2. The molecule has 1 aromatic carbocycles. The molecule has 0 fully saturated rings. The van der Waals surface area contributed by atoms with Crippen LogP contribution in [0.4, 0.5) is 0 Å². The van der Waals surface area contributed by atoms with Crippen molar-refractivity contribution in [1.29, 1.82) is 0 Å². The van der Waals surface area contributed by atoms with Crippen LogP contribution in [0.2, 0.25) is 0 Å². The Morgan fingerprint density at radius 3 is 2.74 bits per heavy atom. The molecule has 2 nitrogen and oxygen atoms in total. The van der Waals surface area contributed by atoms with Crippen molar-refractivity contribution in [3.8, 4) is 0 Å². The van der Waals surface area contributed by atoms with Gasteiger partial charge in [0.1, 0.15) is 0 Å². The lowest BCUT2D eigenvalue weighted by Gasteiger charge is -2.02. The fourth-order valence-electron chi connectivity index (χ4n) is 2.31. The number of para-hydroxylation sites is 1. The van der Waals surface area contributed by atoms with Gasteiger partial charge in [-0.3, -0.25) is 0 Å². The third-order valence-electron chi connectivity index (χ3n) is 3.36. The van der Waals surface area contributed by atoms with Crippen LogP contribution in [0.3, 0.4) is 0 Å². The molecule has 3 heteroatoms. The largest absolute Gasteiger partial charge is 0.361 e. The molecular weight excluding hydrogens is 252 g/mol. The van der Waals surface area contributed by atoms with Crippen LogP contribution in [0.25, 0.3) is 10.9 Å². The number of aromatic nitrogens is 1. The maximum Gasteiger partial charge on any atom is 0.0457 e. The van der Waals surface area contributed by atoms with Crippen molar-refractivity contribution in [1.82, 2.24) is 10.3 Å². The van der Waals surface area contributed by atoms with Gasteiger partial charge in [-0.05, 0) is 30.2 Å². The average molecular weight is 270 g/mol. The van der Waals surface area contributed by atoms with Crippen molar-refractivity contribution in [2.75, 3.05) is 0 Å². The number of thiophene rings is 1. The molecule has 0 atom stereocenters. The van der Waals surface area contributed by atoms with E-state index in [0.717, 1.165) is 19.5 Å². The van der Waals surface area contributed by atoms with Gasteiger partial charge in [-0.15, -0.1) is 11.3 Å². The van der Waals surface area contributed by atoms with Crippen molar-refractivity contribution in [3.05, 3.63) is 57.9 Å². The van der Waals surface area contributed by atoms with Crippen LogP contribution < -0.4 is 5.32 Å². The zero-order valence-electron chi connectivity index (χ0n) is 11.1. The highest BCUT2D eigenvalue weighted by Crippen LogP contribution is 2.19. The number of aryl methyl sites for hydroxylation is 1. The van der Waals surface area contributed by atoms with Gasteiger partial charge in [-0.2, -0.15) is 0 Å². The van der Waals surface area contributed by atoms with Gasteiger partial charge in [-0.1, -0.05) is 25.1 Å². The third kappa shape index (κ3) is 2.72. The molecule has 0 aliphatic rings. The molecule has 98 valence electrons. The van der Waals surface area contributed by atoms with E-state index in [-0.39, 0.29) is 0 Å². The number of benzene rings is 1. The number of rotatable bonds is 5. The van der Waals surface area contributed by atoms with E-state index in [1.54, 1.807) is 0 Å². The highest BCUT2D eigenvalue weighted by atomic mass is 32.1. The van der Waals surface area contributed by atoms with Crippen LogP contribution in [-0.4, -0.2) is 4.98 Å². The Hall–Kier alpha value is -1.58. The normalized spacial score (nSPS) is 11.2. The van der Waals surface area contributed by atoms with E-state index >= 15 is 0 Å². The van der Waals surface area contributed by atoms with E-state index in [2.05, 4.69) is 59.8 Å². The van der Waals surface area contributed by atoms with E-state index in [1.807, 2.05) is 11.3 Å². The lowest BCUT2D eigenvalue weighted by molar-refractivity contribution is 0.704. The number of fused-ring (bicyclic) bond motifs is 1. The smallest absolute Gasteiger partial charge is 0.0457 e. The monoisotopic (exact) mass is 270 g/mol. The molecule has 0 unspecified atom stereocenters. The maximum absolute atomic E-state index is 3.52. The predicted octanol–water partition coefficient (Wildman–Crippen LogP) is 4.08. The molecule has 19 heavy (non-hydrogen) atoms. The van der Waals surface area contributed by atoms with Crippen LogP contribution in [-0.2, 0) is 19.5 Å². The zero-order valence-corrected chi connectivity index (χ0v) is 11.9. The van der Waals surface area contributed by atoms with Gasteiger partial charge in [-0.25, -0.2) is 0 Å². The van der Waals surface area contributed by atoms with E-state index in [4.69, 9.17) is 0 Å². The number of nitrogens with one attached hydrogen (secondary N) is 2. The second-order valence-electron chi connectivity index (χ2n) is 4.68. The van der Waals surface area contributed by atoms with Gasteiger partial charge in [0, 0.05) is 39.9 Å². The Labute approximate surface area is 117 Å². The summed E-state index contributed by atoms with van der Waals surface area (Å²) >= 11 is 1.90. The molecule has 0 saturated carbocycles. The molecule has 3 rings (SSSR count). The summed E-state index contributed by atoms with van der Waals surface area (Å²) in [5, 5.41) is 4.84. The standard InChI is InChI=1S/C16H18N2S/c1-2-13-7-8-14(19-13)11-17-9-12-10-18-16-6-4-3-5-15(12)16/h3-8,10,17-18H,2,9,11H2,1H3. The third-order valence-corrected chi connectivity index (χ3v) is 4.58. The minimum Gasteiger partial charge on any atom is -0.361 e. The summed E-state index contributed by atoms with van der Waals surface area (Å²) in [6.07, 6.45) is 3.23. The minimum absolute atomic E-state index is 0.906. The summed E-state index contributed by atoms with van der Waals surface area (Å²) in [5.41, 5.74) is 2.55. The van der Waals surface area contributed by atoms with Crippen LogP contribution in [0, 0.1) is 0 Å². The van der Waals surface area contributed by atoms with Gasteiger partial charge in [0.25, 0.3) is 0 Å². The molecule has 0 saturated heterocycles. The Kier molecular flexibility index (Phi) is 3.67. The van der Waals surface area contributed by atoms with Crippen molar-refractivity contribution in [2.45, 2.75) is 26.4 Å². The number of H-pyrrole nitrogens is 1. The van der Waals surface area contributed by atoms with Gasteiger partial charge in [0.2, 0.25) is 0 Å². The quantitative estimate of drug-likeness (QED) is 0.718. The van der Waals surface area contributed by atoms with Crippen LogP contribution in [0.1, 0.15) is 22.2 Å². The molecule has 0 aliphatic heterocycles. The first kappa shape index (κ1) is 12.5. The minimum atomic E-state index is 0.906. The fourth-order valence-corrected chi connectivity index (χ4v) is 3.23. The van der Waals surface area contributed by atoms with Crippen molar-refractivity contribution in [2.24, 2.45) is 0 Å². The summed E-state index contributed by atoms with van der Waals surface area (Å²) < 4.78 is 0. The molecule has 3 aromatic rings. The first-order valence-electron chi connectivity index (χ1n) is 6.70. The van der Waals surface area contributed by atoms with Crippen LogP contribution >= 0.6 is 11.3 Å². The number of aromatic amines is 1. The first-order valence-corrected chi connectivity index (χ1v) is 7.52. The Morgan fingerprint density at radius 1 is 1.05 bits per heavy atom. The summed E-state index contributed by atoms with van der Waals surface area (Å²) in [6, 6.07) is 12.9. The molecule has 0 radical (unpaired) electrons. The molecule has 0 bridgehead atoms. The van der Waals surface area contributed by atoms with Crippen molar-refractivity contribution in [3.63, 3.8) is 0 Å². The van der Waals surface area contributed by atoms with Crippen LogP contribution in [0.5, 0.6) is 0 Å². The maximum atomic E-state index is 3.52. The highest BCUT2D eigenvalue weighted by Gasteiger charge is 2.03. The SMILES string of the molecule is CCc1ccc(CNCc2c[nH]c3ccccc23)s1. The molecule has 0 amide bonds. The van der Waals surface area contributed by atoms with Gasteiger partial charge in [0.05, 0.1) is 0 Å². The Bertz CT molecular complexity index is 666. The summed E-state index contributed by atoms with van der Waals surface area (Å²) in [5.74, 6) is 0. The zero-order chi connectivity index (χ0) is 13.1. The summed E-state index contributed by atoms with van der Waals surface area (Å²) in [6.45, 7) is 4.06. The van der Waals surface area contributed by atoms with Crippen molar-refractivity contribution >= 4 is 22.2 Å². The second kappa shape index (κ2) is 5.59. The molecule has 2 N–H and O–H groups in total. The lowest BCUT2D eigenvalue weighted by atomic mass is 10.2. The van der Waals surface area contributed by atoms with Gasteiger partial charge >= 0.3 is 0 Å². The summed E-state index contributed by atoms with van der Waals surface area (Å²) in [4.78, 5) is 6.19. The Morgan fingerprint density at radius 2 is 1.89 bits per heavy atom. The van der Waals surface area contributed by atoms with Crippen molar-refractivity contribution < 1.29 is 0 Å². The number of hydrogen-bond acceptors (Lipinski definition) is 2. The Balaban J connectivity index is 1.63. The van der Waals surface area contributed by atoms with E-state index in [0.29, 0.717) is 0 Å². The average Bonchev–Trinajstić information content (AvgIpc) is 3.06. The molecular formula is C16H18N2S. The van der Waals surface area contributed by atoms with E-state index < -0.39 is 0 Å². The molecule has 2 heterocycles. The lowest BCUT2D eigenvalue weighted by Crippen LogP contribution is -2.11. The topological polar surface area (TPSA) is 27.8 Å². The molecule has 2 aromatic heterocycles. The first-order chi connectivity index (χ1) is 9.36. The fraction of sp³-hybridized carbons (Fsp3) is 0.250. The highest BCUT2D eigenvalue weighted by molar-refractivity contribution is 7.11. The van der Waals surface area contributed by atoms with Gasteiger partial charge < -0.3 is 10.3 Å². The van der Waals surface area contributed by atoms with Crippen LogP contribution in [0.15, 0.2) is 42.6 Å². The predicted molar refractivity (Wildman–Crippen MR) is 82.5 cm³/mol. The van der Waals surface area contributed by atoms with E-state index in [1.165, 1.54) is 26.2 Å². The van der Waals surface area contributed by atoms with Gasteiger partial charge in [0.15, 0.2) is 0 Å².